The fraction of sp³-hybridized carbons (Fsp3) is 0.545. The molecule has 0 radical (unpaired) electrons. The van der Waals surface area contributed by atoms with Gasteiger partial charge in [0.25, 0.3) is 0 Å². The first-order valence-electron chi connectivity index (χ1n) is 5.27. The summed E-state index contributed by atoms with van der Waals surface area (Å²) in [5, 5.41) is 0. The predicted octanol–water partition coefficient (Wildman–Crippen LogP) is 1.18. The minimum atomic E-state index is 0.318. The number of hydrogen-bond acceptors (Lipinski definition) is 3. The van der Waals surface area contributed by atoms with Gasteiger partial charge in [-0.1, -0.05) is 6.07 Å². The molecular weight excluding hydrogens is 174 g/mol. The Balaban J connectivity index is 2.12. The van der Waals surface area contributed by atoms with Crippen molar-refractivity contribution in [3.8, 4) is 0 Å². The highest BCUT2D eigenvalue weighted by Gasteiger charge is 2.22. The second-order valence-corrected chi connectivity index (χ2v) is 3.75. The van der Waals surface area contributed by atoms with Gasteiger partial charge >= 0.3 is 0 Å². The van der Waals surface area contributed by atoms with Gasteiger partial charge in [-0.3, -0.25) is 9.88 Å². The lowest BCUT2D eigenvalue weighted by molar-refractivity contribution is 0.247. The van der Waals surface area contributed by atoms with Crippen LogP contribution in [-0.2, 0) is 0 Å². The molecule has 1 unspecified atom stereocenters. The van der Waals surface area contributed by atoms with Gasteiger partial charge in [0, 0.05) is 12.7 Å². The maximum atomic E-state index is 5.80. The third-order valence-corrected chi connectivity index (χ3v) is 2.83. The van der Waals surface area contributed by atoms with Crippen LogP contribution in [0.2, 0.25) is 0 Å². The second kappa shape index (κ2) is 4.53. The summed E-state index contributed by atoms with van der Waals surface area (Å²) in [6, 6.07) is 6.36. The number of hydrogen-bond donors (Lipinski definition) is 1. The molecule has 1 aromatic heterocycles. The first-order valence-corrected chi connectivity index (χ1v) is 5.27. The van der Waals surface area contributed by atoms with Crippen LogP contribution >= 0.6 is 0 Å². The summed E-state index contributed by atoms with van der Waals surface area (Å²) in [4.78, 5) is 6.81. The Hall–Kier alpha value is -0.930. The van der Waals surface area contributed by atoms with Gasteiger partial charge in [-0.05, 0) is 38.1 Å². The lowest BCUT2D eigenvalue weighted by Gasteiger charge is -2.25. The summed E-state index contributed by atoms with van der Waals surface area (Å²) < 4.78 is 0. The predicted molar refractivity (Wildman–Crippen MR) is 56.8 cm³/mol. The Morgan fingerprint density at radius 3 is 2.71 bits per heavy atom. The molecule has 14 heavy (non-hydrogen) atoms. The SMILES string of the molecule is NCC(c1ccccn1)N1CCCC1. The first kappa shape index (κ1) is 9.62. The summed E-state index contributed by atoms with van der Waals surface area (Å²) in [5.41, 5.74) is 6.91. The Labute approximate surface area is 84.9 Å². The van der Waals surface area contributed by atoms with Crippen LogP contribution in [0, 0.1) is 0 Å². The van der Waals surface area contributed by atoms with Crippen molar-refractivity contribution in [3.63, 3.8) is 0 Å². The van der Waals surface area contributed by atoms with Gasteiger partial charge in [0.2, 0.25) is 0 Å². The zero-order valence-corrected chi connectivity index (χ0v) is 8.39. The summed E-state index contributed by atoms with van der Waals surface area (Å²) in [7, 11) is 0. The van der Waals surface area contributed by atoms with Crippen molar-refractivity contribution in [1.82, 2.24) is 9.88 Å². The molecule has 1 aliphatic rings. The van der Waals surface area contributed by atoms with E-state index in [2.05, 4.69) is 16.0 Å². The monoisotopic (exact) mass is 191 g/mol. The zero-order chi connectivity index (χ0) is 9.80. The quantitative estimate of drug-likeness (QED) is 0.780. The maximum Gasteiger partial charge on any atom is 0.0644 e. The van der Waals surface area contributed by atoms with Crippen LogP contribution in [0.4, 0.5) is 0 Å². The molecule has 0 amide bonds. The van der Waals surface area contributed by atoms with Crippen LogP contribution in [0.3, 0.4) is 0 Å². The zero-order valence-electron chi connectivity index (χ0n) is 8.39. The van der Waals surface area contributed by atoms with Crippen LogP contribution in [-0.4, -0.2) is 29.5 Å². The van der Waals surface area contributed by atoms with E-state index in [4.69, 9.17) is 5.73 Å². The van der Waals surface area contributed by atoms with Gasteiger partial charge in [0.15, 0.2) is 0 Å². The molecule has 1 aliphatic heterocycles. The molecule has 0 aromatic carbocycles. The third kappa shape index (κ3) is 1.94. The topological polar surface area (TPSA) is 42.1 Å². The van der Waals surface area contributed by atoms with E-state index in [1.165, 1.54) is 25.9 Å². The summed E-state index contributed by atoms with van der Waals surface area (Å²) in [6.45, 7) is 2.99. The summed E-state index contributed by atoms with van der Waals surface area (Å²) >= 11 is 0. The molecule has 76 valence electrons. The van der Waals surface area contributed by atoms with Gasteiger partial charge in [-0.2, -0.15) is 0 Å². The van der Waals surface area contributed by atoms with Crippen molar-refractivity contribution in [2.45, 2.75) is 18.9 Å². The molecule has 2 rings (SSSR count). The molecule has 1 aromatic rings. The van der Waals surface area contributed by atoms with Crippen LogP contribution in [0.5, 0.6) is 0 Å². The Bertz CT molecular complexity index is 267. The standard InChI is InChI=1S/C11H17N3/c12-9-11(14-7-3-4-8-14)10-5-1-2-6-13-10/h1-2,5-6,11H,3-4,7-9,12H2. The van der Waals surface area contributed by atoms with Crippen LogP contribution in [0.15, 0.2) is 24.4 Å². The molecule has 1 saturated heterocycles. The molecule has 1 fully saturated rings. The Morgan fingerprint density at radius 1 is 1.36 bits per heavy atom. The van der Waals surface area contributed by atoms with Crippen molar-refractivity contribution < 1.29 is 0 Å². The van der Waals surface area contributed by atoms with Gasteiger partial charge in [-0.25, -0.2) is 0 Å². The largest absolute Gasteiger partial charge is 0.329 e. The molecule has 1 atom stereocenters. The fourth-order valence-electron chi connectivity index (χ4n) is 2.08. The van der Waals surface area contributed by atoms with Gasteiger partial charge in [0.05, 0.1) is 11.7 Å². The molecule has 2 N–H and O–H groups in total. The summed E-state index contributed by atoms with van der Waals surface area (Å²) in [5.74, 6) is 0. The highest BCUT2D eigenvalue weighted by atomic mass is 15.2. The van der Waals surface area contributed by atoms with Gasteiger partial charge in [0.1, 0.15) is 0 Å². The number of rotatable bonds is 3. The minimum absolute atomic E-state index is 0.318. The van der Waals surface area contributed by atoms with Crippen molar-refractivity contribution in [3.05, 3.63) is 30.1 Å². The fourth-order valence-corrected chi connectivity index (χ4v) is 2.08. The summed E-state index contributed by atoms with van der Waals surface area (Å²) in [6.07, 6.45) is 4.43. The van der Waals surface area contributed by atoms with E-state index in [0.29, 0.717) is 12.6 Å². The average molecular weight is 191 g/mol. The van der Waals surface area contributed by atoms with E-state index in [9.17, 15) is 0 Å². The molecule has 0 aliphatic carbocycles. The average Bonchev–Trinajstić information content (AvgIpc) is 2.74. The number of aromatic nitrogens is 1. The normalized spacial score (nSPS) is 19.8. The molecule has 2 heterocycles. The van der Waals surface area contributed by atoms with E-state index in [0.717, 1.165) is 5.69 Å². The van der Waals surface area contributed by atoms with E-state index >= 15 is 0 Å². The molecule has 0 spiro atoms. The highest BCUT2D eigenvalue weighted by Crippen LogP contribution is 2.22. The lowest BCUT2D eigenvalue weighted by Crippen LogP contribution is -2.31. The van der Waals surface area contributed by atoms with E-state index < -0.39 is 0 Å². The number of nitrogens with zero attached hydrogens (tertiary/aromatic N) is 2. The van der Waals surface area contributed by atoms with Crippen molar-refractivity contribution in [2.75, 3.05) is 19.6 Å². The Kier molecular flexibility index (Phi) is 3.11. The van der Waals surface area contributed by atoms with E-state index in [1.807, 2.05) is 18.3 Å². The first-order chi connectivity index (χ1) is 6.92. The van der Waals surface area contributed by atoms with Gasteiger partial charge < -0.3 is 5.73 Å². The van der Waals surface area contributed by atoms with Crippen LogP contribution in [0.25, 0.3) is 0 Å². The van der Waals surface area contributed by atoms with E-state index in [-0.39, 0.29) is 0 Å². The number of likely N-dealkylation sites (tertiary alicyclic amines) is 1. The highest BCUT2D eigenvalue weighted by molar-refractivity contribution is 5.09. The molecule has 0 saturated carbocycles. The minimum Gasteiger partial charge on any atom is -0.329 e. The molecule has 3 heteroatoms. The Morgan fingerprint density at radius 2 is 2.14 bits per heavy atom. The maximum absolute atomic E-state index is 5.80. The van der Waals surface area contributed by atoms with Crippen LogP contribution < -0.4 is 5.73 Å². The van der Waals surface area contributed by atoms with Crippen LogP contribution in [0.1, 0.15) is 24.6 Å². The van der Waals surface area contributed by atoms with E-state index in [1.54, 1.807) is 0 Å². The van der Waals surface area contributed by atoms with Crippen molar-refractivity contribution >= 4 is 0 Å². The van der Waals surface area contributed by atoms with Crippen molar-refractivity contribution in [1.29, 1.82) is 0 Å². The number of nitrogens with two attached hydrogens (primary N) is 1. The number of pyridine rings is 1. The second-order valence-electron chi connectivity index (χ2n) is 3.75. The lowest BCUT2D eigenvalue weighted by atomic mass is 10.1. The van der Waals surface area contributed by atoms with Crippen molar-refractivity contribution in [2.24, 2.45) is 5.73 Å². The van der Waals surface area contributed by atoms with Gasteiger partial charge in [-0.15, -0.1) is 0 Å². The third-order valence-electron chi connectivity index (χ3n) is 2.83. The molecule has 3 nitrogen and oxygen atoms in total. The molecule has 0 bridgehead atoms. The smallest absolute Gasteiger partial charge is 0.0644 e. The molecular formula is C11H17N3.